The lowest BCUT2D eigenvalue weighted by atomic mass is 9.63. The van der Waals surface area contributed by atoms with Gasteiger partial charge in [-0.15, -0.1) is 0 Å². The highest BCUT2D eigenvalue weighted by Crippen LogP contribution is 2.47. The maximum absolute atomic E-state index is 13.4. The number of likely N-dealkylation sites (tertiary alicyclic amines) is 1. The molecule has 0 bridgehead atoms. The summed E-state index contributed by atoms with van der Waals surface area (Å²) >= 11 is 0. The molecule has 2 aromatic rings. The van der Waals surface area contributed by atoms with Crippen LogP contribution in [0.25, 0.3) is 0 Å². The van der Waals surface area contributed by atoms with E-state index in [1.165, 1.54) is 23.5 Å². The van der Waals surface area contributed by atoms with E-state index in [-0.39, 0.29) is 11.8 Å². The van der Waals surface area contributed by atoms with Gasteiger partial charge in [0.1, 0.15) is 11.9 Å². The molecule has 12 heteroatoms. The Morgan fingerprint density at radius 2 is 1.76 bits per heavy atom. The second-order valence-electron chi connectivity index (χ2n) is 10.2. The third-order valence-electron chi connectivity index (χ3n) is 7.85. The van der Waals surface area contributed by atoms with Gasteiger partial charge in [-0.2, -0.15) is 17.9 Å². The maximum atomic E-state index is 13.4. The number of halogens is 4. The highest BCUT2D eigenvalue weighted by atomic mass is 32.2. The molecule has 1 saturated carbocycles. The van der Waals surface area contributed by atoms with Gasteiger partial charge in [0.2, 0.25) is 5.91 Å². The van der Waals surface area contributed by atoms with Crippen molar-refractivity contribution in [2.75, 3.05) is 13.1 Å². The summed E-state index contributed by atoms with van der Waals surface area (Å²) < 4.78 is 80.2. The molecule has 4 rings (SSSR count). The van der Waals surface area contributed by atoms with Crippen molar-refractivity contribution in [2.45, 2.75) is 69.5 Å². The number of benzene rings is 1. The summed E-state index contributed by atoms with van der Waals surface area (Å²) in [4.78, 5) is 19.0. The van der Waals surface area contributed by atoms with Crippen LogP contribution in [0.2, 0.25) is 0 Å². The predicted octanol–water partition coefficient (Wildman–Crippen LogP) is 4.26. The Morgan fingerprint density at radius 1 is 1.11 bits per heavy atom. The molecule has 1 N–H and O–H groups in total. The third kappa shape index (κ3) is 6.51. The standard InChI is InChI=1S/C25H32F4N4O3S/c26-21-8-6-19(7-9-21)16-22(31-37(35,36)25(27,28)29)23(34)33-13-10-24(11-14-33,17-32-15-12-30-18-32)20-4-2-1-3-5-20/h6-9,12,15,18,20,22,31H,1-5,10-11,13-14,16-17H2/t22-/m1/s1. The van der Waals surface area contributed by atoms with E-state index in [9.17, 15) is 30.8 Å². The van der Waals surface area contributed by atoms with E-state index in [4.69, 9.17) is 0 Å². The number of nitrogens with one attached hydrogen (secondary N) is 1. The van der Waals surface area contributed by atoms with Gasteiger partial charge in [-0.25, -0.2) is 17.8 Å². The SMILES string of the molecule is O=C([C@@H](Cc1ccc(F)cc1)NS(=O)(=O)C(F)(F)F)N1CCC(Cn2ccnc2)(C2CCCCC2)CC1. The summed E-state index contributed by atoms with van der Waals surface area (Å²) in [5, 5.41) is 0. The summed E-state index contributed by atoms with van der Waals surface area (Å²) in [6, 6.07) is 3.22. The number of piperidine rings is 1. The molecule has 37 heavy (non-hydrogen) atoms. The highest BCUT2D eigenvalue weighted by Gasteiger charge is 2.49. The molecular formula is C25H32F4N4O3S. The van der Waals surface area contributed by atoms with E-state index in [0.717, 1.165) is 44.4 Å². The zero-order chi connectivity index (χ0) is 26.7. The first-order valence-electron chi connectivity index (χ1n) is 12.6. The molecule has 2 aliphatic rings. The van der Waals surface area contributed by atoms with Gasteiger partial charge >= 0.3 is 15.5 Å². The number of alkyl halides is 3. The summed E-state index contributed by atoms with van der Waals surface area (Å²) in [6.07, 6.45) is 12.1. The van der Waals surface area contributed by atoms with Crippen LogP contribution in [-0.4, -0.2) is 53.4 Å². The Bertz CT molecular complexity index is 1140. The molecule has 1 aromatic heterocycles. The number of carbonyl (C=O) groups excluding carboxylic acids is 1. The molecule has 1 aliphatic carbocycles. The average Bonchev–Trinajstić information content (AvgIpc) is 3.37. The molecule has 1 amide bonds. The predicted molar refractivity (Wildman–Crippen MR) is 129 cm³/mol. The van der Waals surface area contributed by atoms with Crippen LogP contribution in [0.4, 0.5) is 17.6 Å². The van der Waals surface area contributed by atoms with Gasteiger partial charge in [0.25, 0.3) is 0 Å². The molecule has 0 spiro atoms. The number of imidazole rings is 1. The number of sulfonamides is 1. The largest absolute Gasteiger partial charge is 0.511 e. The van der Waals surface area contributed by atoms with Gasteiger partial charge in [-0.1, -0.05) is 31.4 Å². The van der Waals surface area contributed by atoms with Crippen molar-refractivity contribution in [3.05, 3.63) is 54.4 Å². The Kier molecular flexibility index (Phi) is 8.27. The number of aromatic nitrogens is 2. The fraction of sp³-hybridized carbons (Fsp3) is 0.600. The van der Waals surface area contributed by atoms with E-state index >= 15 is 0 Å². The summed E-state index contributed by atoms with van der Waals surface area (Å²) in [5.74, 6) is -0.785. The van der Waals surface area contributed by atoms with Crippen LogP contribution in [0, 0.1) is 17.2 Å². The molecule has 1 aromatic carbocycles. The molecule has 1 atom stereocenters. The Hall–Kier alpha value is -2.47. The Balaban J connectivity index is 1.52. The molecule has 2 fully saturated rings. The van der Waals surface area contributed by atoms with Crippen LogP contribution in [0.3, 0.4) is 0 Å². The van der Waals surface area contributed by atoms with Crippen LogP contribution < -0.4 is 4.72 Å². The average molecular weight is 545 g/mol. The Morgan fingerprint density at radius 3 is 2.32 bits per heavy atom. The molecule has 1 aliphatic heterocycles. The molecule has 0 radical (unpaired) electrons. The van der Waals surface area contributed by atoms with Crippen LogP contribution in [-0.2, 0) is 27.8 Å². The van der Waals surface area contributed by atoms with E-state index in [2.05, 4.69) is 4.98 Å². The second-order valence-corrected chi connectivity index (χ2v) is 11.9. The first-order valence-corrected chi connectivity index (χ1v) is 14.0. The zero-order valence-corrected chi connectivity index (χ0v) is 21.3. The molecule has 1 saturated heterocycles. The van der Waals surface area contributed by atoms with Gasteiger partial charge in [-0.3, -0.25) is 4.79 Å². The van der Waals surface area contributed by atoms with E-state index < -0.39 is 33.3 Å². The topological polar surface area (TPSA) is 84.3 Å². The number of hydrogen-bond acceptors (Lipinski definition) is 4. The molecule has 0 unspecified atom stereocenters. The summed E-state index contributed by atoms with van der Waals surface area (Å²) in [7, 11) is -5.77. The van der Waals surface area contributed by atoms with Gasteiger partial charge in [-0.05, 0) is 61.1 Å². The van der Waals surface area contributed by atoms with E-state index in [1.807, 2.05) is 10.8 Å². The fourth-order valence-electron chi connectivity index (χ4n) is 5.84. The minimum atomic E-state index is -5.77. The Labute approximate surface area is 214 Å². The van der Waals surface area contributed by atoms with Crippen molar-refractivity contribution in [2.24, 2.45) is 11.3 Å². The lowest BCUT2D eigenvalue weighted by molar-refractivity contribution is -0.136. The van der Waals surface area contributed by atoms with E-state index in [0.29, 0.717) is 37.4 Å². The normalized spacial score (nSPS) is 20.1. The molecule has 204 valence electrons. The van der Waals surface area contributed by atoms with Crippen molar-refractivity contribution < 1.29 is 30.8 Å². The van der Waals surface area contributed by atoms with Crippen LogP contribution in [0.5, 0.6) is 0 Å². The van der Waals surface area contributed by atoms with Crippen molar-refractivity contribution in [3.63, 3.8) is 0 Å². The van der Waals surface area contributed by atoms with Gasteiger partial charge < -0.3 is 9.47 Å². The van der Waals surface area contributed by atoms with Crippen molar-refractivity contribution in [3.8, 4) is 0 Å². The molecule has 7 nitrogen and oxygen atoms in total. The second kappa shape index (κ2) is 11.1. The first-order chi connectivity index (χ1) is 17.5. The maximum Gasteiger partial charge on any atom is 0.511 e. The summed E-state index contributed by atoms with van der Waals surface area (Å²) in [6.45, 7) is 1.38. The van der Waals surface area contributed by atoms with Crippen LogP contribution in [0.15, 0.2) is 43.0 Å². The van der Waals surface area contributed by atoms with E-state index in [1.54, 1.807) is 17.2 Å². The molecular weight excluding hydrogens is 512 g/mol. The lowest BCUT2D eigenvalue weighted by Gasteiger charge is -2.48. The number of amides is 1. The van der Waals surface area contributed by atoms with Crippen molar-refractivity contribution in [1.82, 2.24) is 19.2 Å². The van der Waals surface area contributed by atoms with Gasteiger partial charge in [0.15, 0.2) is 0 Å². The number of nitrogens with zero attached hydrogens (tertiary/aromatic N) is 3. The van der Waals surface area contributed by atoms with Gasteiger partial charge in [0.05, 0.1) is 6.33 Å². The van der Waals surface area contributed by atoms with Gasteiger partial charge in [0, 0.05) is 32.0 Å². The van der Waals surface area contributed by atoms with Crippen molar-refractivity contribution >= 4 is 15.9 Å². The third-order valence-corrected chi connectivity index (χ3v) is 9.06. The minimum absolute atomic E-state index is 0.0736. The first kappa shape index (κ1) is 27.6. The molecule has 2 heterocycles. The van der Waals surface area contributed by atoms with Crippen LogP contribution in [0.1, 0.15) is 50.5 Å². The fourth-order valence-corrected chi connectivity index (χ4v) is 6.53. The van der Waals surface area contributed by atoms with Crippen molar-refractivity contribution in [1.29, 1.82) is 0 Å². The lowest BCUT2D eigenvalue weighted by Crippen LogP contribution is -2.55. The number of carbonyl (C=O) groups is 1. The monoisotopic (exact) mass is 544 g/mol. The minimum Gasteiger partial charge on any atom is -0.341 e. The quantitative estimate of drug-likeness (QED) is 0.504. The zero-order valence-electron chi connectivity index (χ0n) is 20.5. The number of rotatable bonds is 8. The summed E-state index contributed by atoms with van der Waals surface area (Å²) in [5.41, 5.74) is -5.29. The number of hydrogen-bond donors (Lipinski definition) is 1. The smallest absolute Gasteiger partial charge is 0.341 e. The van der Waals surface area contributed by atoms with Crippen LogP contribution >= 0.6 is 0 Å². The highest BCUT2D eigenvalue weighted by molar-refractivity contribution is 7.90.